The monoisotopic (exact) mass is 520 g/mol. The van der Waals surface area contributed by atoms with Crippen LogP contribution in [0.25, 0.3) is 27.8 Å². The zero-order valence-corrected chi connectivity index (χ0v) is 21.5. The van der Waals surface area contributed by atoms with Gasteiger partial charge in [0.2, 0.25) is 0 Å². The van der Waals surface area contributed by atoms with Crippen LogP contribution in [0, 0.1) is 5.92 Å². The first-order valence-corrected chi connectivity index (χ1v) is 12.1. The van der Waals surface area contributed by atoms with Crippen molar-refractivity contribution in [2.24, 2.45) is 22.7 Å². The number of halogens is 1. The van der Waals surface area contributed by atoms with Crippen LogP contribution < -0.4 is 27.2 Å². The number of benzene rings is 2. The third-order valence-corrected chi connectivity index (χ3v) is 6.10. The molecule has 2 aromatic heterocycles. The SMILES string of the molecule is COc1ccccc1-c1cc(C(=O)N[C@@H](CC(C)C)/C(=N/N)NN)nn1-c1ccnc2cc(Cl)ccc12. The molecule has 0 radical (unpaired) electrons. The highest BCUT2D eigenvalue weighted by Crippen LogP contribution is 2.34. The molecule has 0 saturated heterocycles. The number of methoxy groups -OCH3 is 1. The molecule has 11 heteroatoms. The number of hydrazone groups is 1. The van der Waals surface area contributed by atoms with Crippen LogP contribution in [-0.4, -0.2) is 39.7 Å². The molecule has 2 aromatic carbocycles. The Morgan fingerprint density at radius 2 is 1.97 bits per heavy atom. The van der Waals surface area contributed by atoms with Gasteiger partial charge < -0.3 is 21.3 Å². The van der Waals surface area contributed by atoms with Crippen LogP contribution in [0.1, 0.15) is 30.8 Å². The van der Waals surface area contributed by atoms with Crippen molar-refractivity contribution in [3.8, 4) is 22.7 Å². The van der Waals surface area contributed by atoms with Gasteiger partial charge in [-0.2, -0.15) is 10.2 Å². The molecule has 0 bridgehead atoms. The van der Waals surface area contributed by atoms with Crippen LogP contribution >= 0.6 is 11.6 Å². The largest absolute Gasteiger partial charge is 0.496 e. The number of carbonyl (C=O) groups excluding carboxylic acids is 1. The number of pyridine rings is 1. The van der Waals surface area contributed by atoms with E-state index < -0.39 is 11.9 Å². The summed E-state index contributed by atoms with van der Waals surface area (Å²) in [5.41, 5.74) is 5.53. The van der Waals surface area contributed by atoms with E-state index in [1.165, 1.54) is 0 Å². The molecule has 0 aliphatic rings. The lowest BCUT2D eigenvalue weighted by molar-refractivity contribution is 0.0938. The topological polar surface area (TPSA) is 145 Å². The number of para-hydroxylation sites is 1. The van der Waals surface area contributed by atoms with Gasteiger partial charge in [-0.3, -0.25) is 9.78 Å². The maximum absolute atomic E-state index is 13.5. The first kappa shape index (κ1) is 25.9. The number of carbonyl (C=O) groups is 1. The molecule has 1 atom stereocenters. The summed E-state index contributed by atoms with van der Waals surface area (Å²) < 4.78 is 7.32. The Bertz CT molecular complexity index is 1450. The average molecular weight is 521 g/mol. The number of hydrogen-bond acceptors (Lipinski definition) is 7. The van der Waals surface area contributed by atoms with Crippen LogP contribution in [0.3, 0.4) is 0 Å². The van der Waals surface area contributed by atoms with Gasteiger partial charge in [0.1, 0.15) is 5.75 Å². The number of ether oxygens (including phenoxy) is 1. The van der Waals surface area contributed by atoms with E-state index in [1.807, 2.05) is 50.2 Å². The molecular formula is C26H29ClN8O2. The summed E-state index contributed by atoms with van der Waals surface area (Å²) in [6, 6.07) is 16.0. The van der Waals surface area contributed by atoms with Gasteiger partial charge in [0, 0.05) is 22.2 Å². The minimum absolute atomic E-state index is 0.196. The Hall–Kier alpha value is -4.15. The molecule has 10 nitrogen and oxygen atoms in total. The number of nitrogens with zero attached hydrogens (tertiary/aromatic N) is 4. The number of nitrogens with one attached hydrogen (secondary N) is 2. The van der Waals surface area contributed by atoms with Crippen molar-refractivity contribution in [1.29, 1.82) is 0 Å². The van der Waals surface area contributed by atoms with E-state index in [0.717, 1.165) is 16.6 Å². The van der Waals surface area contributed by atoms with E-state index in [4.69, 9.17) is 33.1 Å². The predicted molar refractivity (Wildman–Crippen MR) is 146 cm³/mol. The molecule has 0 unspecified atom stereocenters. The first-order valence-electron chi connectivity index (χ1n) is 11.7. The fraction of sp³-hybridized carbons (Fsp3) is 0.231. The molecule has 4 rings (SSSR count). The summed E-state index contributed by atoms with van der Waals surface area (Å²) >= 11 is 6.20. The number of fused-ring (bicyclic) bond motifs is 1. The Labute approximate surface area is 219 Å². The lowest BCUT2D eigenvalue weighted by atomic mass is 10.0. The van der Waals surface area contributed by atoms with Crippen molar-refractivity contribution < 1.29 is 9.53 Å². The maximum atomic E-state index is 13.5. The smallest absolute Gasteiger partial charge is 0.272 e. The van der Waals surface area contributed by atoms with Gasteiger partial charge in [-0.25, -0.2) is 10.5 Å². The van der Waals surface area contributed by atoms with Gasteiger partial charge in [0.15, 0.2) is 11.5 Å². The van der Waals surface area contributed by atoms with Crippen molar-refractivity contribution in [3.63, 3.8) is 0 Å². The molecule has 37 heavy (non-hydrogen) atoms. The highest BCUT2D eigenvalue weighted by Gasteiger charge is 2.24. The Morgan fingerprint density at radius 1 is 1.19 bits per heavy atom. The van der Waals surface area contributed by atoms with E-state index in [0.29, 0.717) is 28.4 Å². The number of rotatable bonds is 8. The Kier molecular flexibility index (Phi) is 7.90. The number of amides is 1. The van der Waals surface area contributed by atoms with E-state index in [-0.39, 0.29) is 17.4 Å². The summed E-state index contributed by atoms with van der Waals surface area (Å²) in [5, 5.41) is 12.8. The predicted octanol–water partition coefficient (Wildman–Crippen LogP) is 3.63. The van der Waals surface area contributed by atoms with E-state index in [1.54, 1.807) is 36.2 Å². The maximum Gasteiger partial charge on any atom is 0.272 e. The number of aromatic nitrogens is 3. The zero-order chi connectivity index (χ0) is 26.5. The summed E-state index contributed by atoms with van der Waals surface area (Å²) in [5.74, 6) is 11.8. The van der Waals surface area contributed by atoms with Crippen molar-refractivity contribution in [3.05, 3.63) is 71.5 Å². The molecule has 6 N–H and O–H groups in total. The van der Waals surface area contributed by atoms with E-state index in [9.17, 15) is 4.79 Å². The molecule has 0 spiro atoms. The second-order valence-electron chi connectivity index (χ2n) is 8.83. The number of hydrazine groups is 1. The highest BCUT2D eigenvalue weighted by molar-refractivity contribution is 6.31. The lowest BCUT2D eigenvalue weighted by Gasteiger charge is -2.21. The molecule has 4 aromatic rings. The standard InChI is InChI=1S/C26H29ClN8O2/c1-15(2)12-20(25(32-28)33-29)31-26(36)21-14-23(18-6-4-5-7-24(18)37-3)35(34-21)22-10-11-30-19-13-16(27)8-9-17(19)22/h4-11,13-15,20H,12,28-29H2,1-3H3,(H,31,36)(H,32,33)/t20-/m0/s1. The third kappa shape index (κ3) is 5.50. The molecule has 0 aliphatic heterocycles. The van der Waals surface area contributed by atoms with Crippen LogP contribution in [0.2, 0.25) is 5.02 Å². The van der Waals surface area contributed by atoms with E-state index in [2.05, 4.69) is 20.8 Å². The minimum Gasteiger partial charge on any atom is -0.496 e. The number of amidine groups is 1. The summed E-state index contributed by atoms with van der Waals surface area (Å²) in [6.45, 7) is 4.05. The Morgan fingerprint density at radius 3 is 2.68 bits per heavy atom. The van der Waals surface area contributed by atoms with Crippen molar-refractivity contribution >= 4 is 34.2 Å². The molecule has 1 amide bonds. The summed E-state index contributed by atoms with van der Waals surface area (Å²) in [6.07, 6.45) is 2.25. The van der Waals surface area contributed by atoms with Crippen molar-refractivity contribution in [2.75, 3.05) is 7.11 Å². The third-order valence-electron chi connectivity index (χ3n) is 5.86. The second-order valence-corrected chi connectivity index (χ2v) is 9.27. The van der Waals surface area contributed by atoms with Crippen LogP contribution in [0.15, 0.2) is 65.9 Å². The van der Waals surface area contributed by atoms with Crippen LogP contribution in [0.4, 0.5) is 0 Å². The zero-order valence-electron chi connectivity index (χ0n) is 20.8. The van der Waals surface area contributed by atoms with E-state index >= 15 is 0 Å². The molecule has 192 valence electrons. The van der Waals surface area contributed by atoms with Gasteiger partial charge in [0.25, 0.3) is 5.91 Å². The van der Waals surface area contributed by atoms with Gasteiger partial charge in [-0.05, 0) is 54.8 Å². The number of hydrogen-bond donors (Lipinski definition) is 4. The fourth-order valence-electron chi connectivity index (χ4n) is 4.18. The number of nitrogens with two attached hydrogens (primary N) is 2. The molecule has 0 aliphatic carbocycles. The highest BCUT2D eigenvalue weighted by atomic mass is 35.5. The normalized spacial score (nSPS) is 12.5. The molecule has 2 heterocycles. The van der Waals surface area contributed by atoms with Gasteiger partial charge in [0.05, 0.1) is 30.0 Å². The second kappa shape index (κ2) is 11.3. The first-order chi connectivity index (χ1) is 17.9. The van der Waals surface area contributed by atoms with Crippen molar-refractivity contribution in [1.82, 2.24) is 25.5 Å². The van der Waals surface area contributed by atoms with Crippen LogP contribution in [-0.2, 0) is 0 Å². The van der Waals surface area contributed by atoms with Gasteiger partial charge in [-0.15, -0.1) is 0 Å². The van der Waals surface area contributed by atoms with Crippen molar-refractivity contribution in [2.45, 2.75) is 26.3 Å². The lowest BCUT2D eigenvalue weighted by Crippen LogP contribution is -2.50. The summed E-state index contributed by atoms with van der Waals surface area (Å²) in [7, 11) is 1.60. The molecule has 0 fully saturated rings. The van der Waals surface area contributed by atoms with Crippen LogP contribution in [0.5, 0.6) is 5.75 Å². The fourth-order valence-corrected chi connectivity index (χ4v) is 4.35. The average Bonchev–Trinajstić information content (AvgIpc) is 3.33. The van der Waals surface area contributed by atoms with Gasteiger partial charge >= 0.3 is 0 Å². The quantitative estimate of drug-likeness (QED) is 0.120. The Balaban J connectivity index is 1.86. The van der Waals surface area contributed by atoms with Gasteiger partial charge in [-0.1, -0.05) is 37.6 Å². The molecule has 0 saturated carbocycles. The molecular weight excluding hydrogens is 492 g/mol. The summed E-state index contributed by atoms with van der Waals surface area (Å²) in [4.78, 5) is 17.9. The minimum atomic E-state index is -0.522.